The molecule has 3 amide bonds. The van der Waals surface area contributed by atoms with Crippen LogP contribution >= 0.6 is 0 Å². The molecular formula is C26H27N3O4. The molecule has 2 saturated heterocycles. The van der Waals surface area contributed by atoms with E-state index in [1.165, 1.54) is 5.39 Å². The zero-order chi connectivity index (χ0) is 22.8. The summed E-state index contributed by atoms with van der Waals surface area (Å²) in [5.74, 6) is 0.740. The van der Waals surface area contributed by atoms with E-state index < -0.39 is 5.60 Å². The molecule has 3 aromatic rings. The van der Waals surface area contributed by atoms with Crippen LogP contribution in [0.25, 0.3) is 10.8 Å². The van der Waals surface area contributed by atoms with Crippen molar-refractivity contribution in [2.75, 3.05) is 32.1 Å². The molecule has 0 aliphatic carbocycles. The second kappa shape index (κ2) is 8.65. The van der Waals surface area contributed by atoms with Crippen molar-refractivity contribution in [2.45, 2.75) is 25.0 Å². The highest BCUT2D eigenvalue weighted by Crippen LogP contribution is 2.34. The number of ether oxygens (including phenoxy) is 2. The highest BCUT2D eigenvalue weighted by Gasteiger charge is 2.47. The number of hydrogen-bond acceptors (Lipinski definition) is 4. The Hall–Kier alpha value is -3.74. The fourth-order valence-electron chi connectivity index (χ4n) is 4.63. The van der Waals surface area contributed by atoms with Gasteiger partial charge in [0.2, 0.25) is 0 Å². The van der Waals surface area contributed by atoms with Gasteiger partial charge in [-0.3, -0.25) is 4.90 Å². The number of benzene rings is 3. The number of nitrogens with one attached hydrogen (secondary N) is 1. The highest BCUT2D eigenvalue weighted by molar-refractivity contribution is 5.89. The molecule has 0 saturated carbocycles. The molecule has 7 heteroatoms. The summed E-state index contributed by atoms with van der Waals surface area (Å²) in [6.07, 6.45) is 0.978. The first-order valence-electron chi connectivity index (χ1n) is 11.2. The lowest BCUT2D eigenvalue weighted by Crippen LogP contribution is -2.49. The molecule has 2 fully saturated rings. The number of methoxy groups -OCH3 is 1. The lowest BCUT2D eigenvalue weighted by molar-refractivity contribution is 0.0109. The second-order valence-electron chi connectivity index (χ2n) is 8.73. The molecule has 2 aliphatic rings. The first-order valence-corrected chi connectivity index (χ1v) is 11.2. The van der Waals surface area contributed by atoms with Gasteiger partial charge in [-0.1, -0.05) is 36.4 Å². The van der Waals surface area contributed by atoms with Crippen LogP contribution < -0.4 is 10.1 Å². The number of nitrogens with zero attached hydrogens (tertiary/aromatic N) is 2. The lowest BCUT2D eigenvalue weighted by atomic mass is 9.91. The van der Waals surface area contributed by atoms with E-state index in [4.69, 9.17) is 9.47 Å². The Morgan fingerprint density at radius 2 is 1.76 bits per heavy atom. The van der Waals surface area contributed by atoms with Crippen LogP contribution in [0.4, 0.5) is 15.3 Å². The monoisotopic (exact) mass is 445 g/mol. The van der Waals surface area contributed by atoms with Crippen molar-refractivity contribution in [3.63, 3.8) is 0 Å². The van der Waals surface area contributed by atoms with Gasteiger partial charge < -0.3 is 19.7 Å². The number of fused-ring (bicyclic) bond motifs is 1. The summed E-state index contributed by atoms with van der Waals surface area (Å²) in [6, 6.07) is 21.6. The third-order valence-corrected chi connectivity index (χ3v) is 6.53. The molecule has 7 nitrogen and oxygen atoms in total. The predicted molar refractivity (Wildman–Crippen MR) is 126 cm³/mol. The smallest absolute Gasteiger partial charge is 0.410 e. The van der Waals surface area contributed by atoms with E-state index in [-0.39, 0.29) is 12.1 Å². The topological polar surface area (TPSA) is 71.1 Å². The van der Waals surface area contributed by atoms with Gasteiger partial charge >= 0.3 is 12.1 Å². The zero-order valence-electron chi connectivity index (χ0n) is 18.6. The molecule has 1 N–H and O–H groups in total. The van der Waals surface area contributed by atoms with Gasteiger partial charge in [-0.25, -0.2) is 9.59 Å². The first-order chi connectivity index (χ1) is 16.0. The van der Waals surface area contributed by atoms with Gasteiger partial charge in [0.05, 0.1) is 13.7 Å². The fourth-order valence-corrected chi connectivity index (χ4v) is 4.63. The normalized spacial score (nSPS) is 17.3. The number of carbonyl (C=O) groups is 2. The molecule has 33 heavy (non-hydrogen) atoms. The van der Waals surface area contributed by atoms with Crippen molar-refractivity contribution in [1.82, 2.24) is 9.80 Å². The number of anilines is 1. The number of amides is 3. The van der Waals surface area contributed by atoms with E-state index in [2.05, 4.69) is 35.6 Å². The molecule has 0 aromatic heterocycles. The lowest BCUT2D eigenvalue weighted by Gasteiger charge is -2.37. The number of likely N-dealkylation sites (tertiary alicyclic amines) is 1. The summed E-state index contributed by atoms with van der Waals surface area (Å²) in [5, 5.41) is 5.26. The van der Waals surface area contributed by atoms with Gasteiger partial charge in [0.15, 0.2) is 0 Å². The van der Waals surface area contributed by atoms with E-state index in [1.54, 1.807) is 16.9 Å². The molecule has 5 rings (SSSR count). The Labute approximate surface area is 192 Å². The van der Waals surface area contributed by atoms with E-state index >= 15 is 0 Å². The van der Waals surface area contributed by atoms with Crippen LogP contribution in [0.2, 0.25) is 0 Å². The summed E-state index contributed by atoms with van der Waals surface area (Å²) >= 11 is 0. The van der Waals surface area contributed by atoms with Crippen LogP contribution in [0, 0.1) is 0 Å². The molecule has 0 atom stereocenters. The fraction of sp³-hybridized carbons (Fsp3) is 0.308. The average molecular weight is 446 g/mol. The maximum atomic E-state index is 12.7. The van der Waals surface area contributed by atoms with Crippen LogP contribution in [0.15, 0.2) is 66.7 Å². The SMILES string of the molecule is COc1ccc(NC(=O)N2CCC3(CC2)CN(Cc2ccc4ccccc4c2)C(=O)O3)cc1. The van der Waals surface area contributed by atoms with Crippen molar-refractivity contribution < 1.29 is 19.1 Å². The highest BCUT2D eigenvalue weighted by atomic mass is 16.6. The zero-order valence-corrected chi connectivity index (χ0v) is 18.6. The van der Waals surface area contributed by atoms with Crippen molar-refractivity contribution in [1.29, 1.82) is 0 Å². The van der Waals surface area contributed by atoms with Crippen molar-refractivity contribution in [3.05, 3.63) is 72.3 Å². The van der Waals surface area contributed by atoms with Gasteiger partial charge in [-0.2, -0.15) is 0 Å². The van der Waals surface area contributed by atoms with E-state index in [0.717, 1.165) is 22.4 Å². The molecular weight excluding hydrogens is 418 g/mol. The standard InChI is InChI=1S/C26H27N3O4/c1-32-23-10-8-22(9-11-23)27-24(30)28-14-12-26(13-15-28)18-29(25(31)33-26)17-19-6-7-20-4-2-3-5-21(20)16-19/h2-11,16H,12-15,17-18H2,1H3,(H,27,30). The molecule has 3 aromatic carbocycles. The Morgan fingerprint density at radius 3 is 2.48 bits per heavy atom. The molecule has 2 aliphatic heterocycles. The predicted octanol–water partition coefficient (Wildman–Crippen LogP) is 4.87. The van der Waals surface area contributed by atoms with Crippen LogP contribution in [0.5, 0.6) is 5.75 Å². The number of urea groups is 1. The van der Waals surface area contributed by atoms with Crippen molar-refractivity contribution >= 4 is 28.6 Å². The van der Waals surface area contributed by atoms with Gasteiger partial charge in [0.1, 0.15) is 11.4 Å². The largest absolute Gasteiger partial charge is 0.497 e. The number of hydrogen-bond donors (Lipinski definition) is 1. The number of piperidine rings is 1. The van der Waals surface area contributed by atoms with Crippen LogP contribution in [-0.4, -0.2) is 54.3 Å². The van der Waals surface area contributed by atoms with Crippen LogP contribution in [-0.2, 0) is 11.3 Å². The molecule has 0 bridgehead atoms. The second-order valence-corrected chi connectivity index (χ2v) is 8.73. The molecule has 0 radical (unpaired) electrons. The van der Waals surface area contributed by atoms with Gasteiger partial charge in [-0.15, -0.1) is 0 Å². The summed E-state index contributed by atoms with van der Waals surface area (Å²) in [7, 11) is 1.61. The molecule has 170 valence electrons. The van der Waals surface area contributed by atoms with Gasteiger partial charge in [0, 0.05) is 38.2 Å². The number of rotatable bonds is 4. The minimum Gasteiger partial charge on any atom is -0.497 e. The average Bonchev–Trinajstić information content (AvgIpc) is 3.13. The third-order valence-electron chi connectivity index (χ3n) is 6.53. The maximum Gasteiger partial charge on any atom is 0.410 e. The summed E-state index contributed by atoms with van der Waals surface area (Å²) < 4.78 is 11.0. The molecule has 0 unspecified atom stereocenters. The van der Waals surface area contributed by atoms with Crippen LogP contribution in [0.1, 0.15) is 18.4 Å². The summed E-state index contributed by atoms with van der Waals surface area (Å²) in [6.45, 7) is 2.15. The Kier molecular flexibility index (Phi) is 5.54. The minimum atomic E-state index is -0.523. The summed E-state index contributed by atoms with van der Waals surface area (Å²) in [4.78, 5) is 28.8. The van der Waals surface area contributed by atoms with Gasteiger partial charge in [-0.05, 0) is 46.7 Å². The number of carbonyl (C=O) groups excluding carboxylic acids is 2. The van der Waals surface area contributed by atoms with Gasteiger partial charge in [0.25, 0.3) is 0 Å². The maximum absolute atomic E-state index is 12.7. The molecule has 1 spiro atoms. The minimum absolute atomic E-state index is 0.146. The van der Waals surface area contributed by atoms with E-state index in [1.807, 2.05) is 36.4 Å². The summed E-state index contributed by atoms with van der Waals surface area (Å²) in [5.41, 5.74) is 1.28. The van der Waals surface area contributed by atoms with Crippen LogP contribution in [0.3, 0.4) is 0 Å². The van der Waals surface area contributed by atoms with E-state index in [0.29, 0.717) is 39.0 Å². The Bertz CT molecular complexity index is 1170. The third kappa shape index (κ3) is 4.44. The quantitative estimate of drug-likeness (QED) is 0.622. The first kappa shape index (κ1) is 21.1. The molecule has 2 heterocycles. The van der Waals surface area contributed by atoms with Crippen molar-refractivity contribution in [2.24, 2.45) is 0 Å². The Morgan fingerprint density at radius 1 is 1.03 bits per heavy atom. The van der Waals surface area contributed by atoms with Crippen molar-refractivity contribution in [3.8, 4) is 5.75 Å². The Balaban J connectivity index is 1.18. The van der Waals surface area contributed by atoms with E-state index in [9.17, 15) is 9.59 Å².